The number of halogens is 1. The highest BCUT2D eigenvalue weighted by Gasteiger charge is 2.22. The number of hydrogen-bond donors (Lipinski definition) is 0. The maximum Gasteiger partial charge on any atom is 0.0515 e. The third-order valence-electron chi connectivity index (χ3n) is 3.60. The molecule has 1 nitrogen and oxygen atoms in total. The third-order valence-corrected chi connectivity index (χ3v) is 3.82. The first-order valence-corrected chi connectivity index (χ1v) is 7.89. The Balaban J connectivity index is 0.00000106. The predicted octanol–water partition coefficient (Wildman–Crippen LogP) is 4.84. The van der Waals surface area contributed by atoms with E-state index in [9.17, 15) is 0 Å². The Morgan fingerprint density at radius 3 is 2.86 bits per heavy atom. The van der Waals surface area contributed by atoms with Crippen LogP contribution in [0.3, 0.4) is 0 Å². The molecular weight excluding hydrogens is 278 g/mol. The number of rotatable bonds is 5. The topological polar surface area (TPSA) is 3.24 Å². The molecule has 0 bridgehead atoms. The van der Waals surface area contributed by atoms with Gasteiger partial charge in [-0.05, 0) is 43.4 Å². The summed E-state index contributed by atoms with van der Waals surface area (Å²) in [4.78, 5) is 2.42. The second-order valence-electron chi connectivity index (χ2n) is 4.96. The Morgan fingerprint density at radius 2 is 2.24 bits per heavy atom. The van der Waals surface area contributed by atoms with Gasteiger partial charge < -0.3 is 4.90 Å². The molecule has 1 aliphatic heterocycles. The van der Waals surface area contributed by atoms with Gasteiger partial charge >= 0.3 is 0 Å². The summed E-state index contributed by atoms with van der Waals surface area (Å²) < 4.78 is 0. The van der Waals surface area contributed by atoms with Gasteiger partial charge in [-0.3, -0.25) is 0 Å². The molecule has 2 aliphatic rings. The van der Waals surface area contributed by atoms with Gasteiger partial charge in [-0.1, -0.05) is 36.5 Å². The summed E-state index contributed by atoms with van der Waals surface area (Å²) in [6.07, 6.45) is 28.8. The van der Waals surface area contributed by atoms with E-state index in [0.29, 0.717) is 11.9 Å². The molecule has 1 heterocycles. The molecule has 112 valence electrons. The molecule has 1 aliphatic carbocycles. The van der Waals surface area contributed by atoms with E-state index in [1.807, 2.05) is 6.92 Å². The molecule has 2 heteroatoms. The molecule has 0 aromatic heterocycles. The maximum absolute atomic E-state index is 5.99. The molecule has 1 unspecified atom stereocenters. The van der Waals surface area contributed by atoms with Gasteiger partial charge in [-0.15, -0.1) is 24.4 Å². The highest BCUT2D eigenvalue weighted by molar-refractivity contribution is 6.17. The highest BCUT2D eigenvalue weighted by Crippen LogP contribution is 2.26. The van der Waals surface area contributed by atoms with Gasteiger partial charge in [-0.2, -0.15) is 0 Å². The number of allylic oxidation sites excluding steroid dienone is 6. The van der Waals surface area contributed by atoms with Crippen LogP contribution in [0.5, 0.6) is 0 Å². The van der Waals surface area contributed by atoms with Crippen molar-refractivity contribution in [1.82, 2.24) is 4.90 Å². The fraction of sp³-hybridized carbons (Fsp3) is 0.368. The average Bonchev–Trinajstić information content (AvgIpc) is 3.02. The van der Waals surface area contributed by atoms with Crippen LogP contribution in [0.4, 0.5) is 0 Å². The first-order chi connectivity index (χ1) is 10.3. The van der Waals surface area contributed by atoms with E-state index in [0.717, 1.165) is 25.8 Å². The van der Waals surface area contributed by atoms with Crippen LogP contribution in [0.2, 0.25) is 0 Å². The lowest BCUT2D eigenvalue weighted by molar-refractivity contribution is 0.332. The Kier molecular flexibility index (Phi) is 8.40. The van der Waals surface area contributed by atoms with Crippen LogP contribution in [0.1, 0.15) is 26.2 Å². The summed E-state index contributed by atoms with van der Waals surface area (Å²) in [7, 11) is 0. The van der Waals surface area contributed by atoms with Crippen molar-refractivity contribution in [2.75, 3.05) is 12.4 Å². The van der Waals surface area contributed by atoms with Crippen molar-refractivity contribution in [2.24, 2.45) is 0 Å². The quantitative estimate of drug-likeness (QED) is 0.519. The van der Waals surface area contributed by atoms with Crippen molar-refractivity contribution in [3.63, 3.8) is 0 Å². The van der Waals surface area contributed by atoms with E-state index in [2.05, 4.69) is 66.5 Å². The van der Waals surface area contributed by atoms with Crippen molar-refractivity contribution in [2.45, 2.75) is 32.2 Å². The second-order valence-corrected chi connectivity index (χ2v) is 5.34. The first kappa shape index (κ1) is 17.4. The van der Waals surface area contributed by atoms with Crippen LogP contribution < -0.4 is 0 Å². The van der Waals surface area contributed by atoms with E-state index in [4.69, 9.17) is 11.6 Å². The molecule has 21 heavy (non-hydrogen) atoms. The first-order valence-electron chi connectivity index (χ1n) is 7.36. The molecule has 0 N–H and O–H groups in total. The molecule has 0 amide bonds. The van der Waals surface area contributed by atoms with Crippen LogP contribution in [0.25, 0.3) is 0 Å². The van der Waals surface area contributed by atoms with Crippen molar-refractivity contribution in [3.8, 4) is 12.8 Å². The minimum absolute atomic E-state index is 0.454. The van der Waals surface area contributed by atoms with Crippen LogP contribution >= 0.6 is 11.6 Å². The Bertz CT molecular complexity index is 477. The molecule has 0 saturated carbocycles. The van der Waals surface area contributed by atoms with Gasteiger partial charge in [0.15, 0.2) is 0 Å². The van der Waals surface area contributed by atoms with Gasteiger partial charge in [0.2, 0.25) is 0 Å². The standard InChI is InChI=1S/C17H22ClN.C2H2/c1-2-3-7-15-11-13-19(14-15)17(10-12-18)16-8-5-4-6-9-16;1-2/h2-5,7-8,11,13,17H,6,9-10,12,14H2,1H3;1-2H/b3-2-,15-7-;. The van der Waals surface area contributed by atoms with Crippen LogP contribution in [-0.4, -0.2) is 23.4 Å². The zero-order valence-corrected chi connectivity index (χ0v) is 13.5. The normalized spacial score (nSPS) is 20.5. The maximum atomic E-state index is 5.99. The van der Waals surface area contributed by atoms with E-state index in [1.54, 1.807) is 0 Å². The summed E-state index contributed by atoms with van der Waals surface area (Å²) in [5.41, 5.74) is 2.88. The summed E-state index contributed by atoms with van der Waals surface area (Å²) >= 11 is 5.99. The third kappa shape index (κ3) is 5.33. The Labute approximate surface area is 134 Å². The monoisotopic (exact) mass is 301 g/mol. The lowest BCUT2D eigenvalue weighted by Gasteiger charge is -2.30. The Hall–Kier alpha value is -1.65. The van der Waals surface area contributed by atoms with Crippen molar-refractivity contribution in [1.29, 1.82) is 0 Å². The number of nitrogens with zero attached hydrogens (tertiary/aromatic N) is 1. The number of alkyl halides is 1. The molecule has 0 saturated heterocycles. The van der Waals surface area contributed by atoms with Gasteiger partial charge in [0.05, 0.1) is 6.04 Å². The predicted molar refractivity (Wildman–Crippen MR) is 94.2 cm³/mol. The molecular formula is C19H24ClN. The van der Waals surface area contributed by atoms with Gasteiger partial charge in [0.1, 0.15) is 0 Å². The van der Waals surface area contributed by atoms with E-state index in [1.165, 1.54) is 11.1 Å². The molecule has 0 fully saturated rings. The SMILES string of the molecule is C#C.C/C=C\C=C1\C=CN(C(CCCl)C2=CC=CCC2)C1. The molecule has 0 aromatic rings. The largest absolute Gasteiger partial charge is 0.366 e. The number of hydrogen-bond acceptors (Lipinski definition) is 1. The smallest absolute Gasteiger partial charge is 0.0515 e. The van der Waals surface area contributed by atoms with Gasteiger partial charge in [0, 0.05) is 18.6 Å². The summed E-state index contributed by atoms with van der Waals surface area (Å²) in [6.45, 7) is 3.04. The minimum Gasteiger partial charge on any atom is -0.366 e. The average molecular weight is 302 g/mol. The minimum atomic E-state index is 0.454. The second kappa shape index (κ2) is 10.1. The van der Waals surface area contributed by atoms with Crippen LogP contribution in [0.15, 0.2) is 59.9 Å². The lowest BCUT2D eigenvalue weighted by atomic mass is 9.95. The van der Waals surface area contributed by atoms with Crippen molar-refractivity contribution in [3.05, 3.63) is 59.9 Å². The number of terminal acetylenes is 1. The molecule has 0 aromatic carbocycles. The van der Waals surface area contributed by atoms with E-state index in [-0.39, 0.29) is 0 Å². The molecule has 0 radical (unpaired) electrons. The molecule has 0 spiro atoms. The van der Waals surface area contributed by atoms with Crippen molar-refractivity contribution < 1.29 is 0 Å². The summed E-state index contributed by atoms with van der Waals surface area (Å²) in [5.74, 6) is 0.712. The zero-order valence-electron chi connectivity index (χ0n) is 12.7. The molecule has 2 rings (SSSR count). The van der Waals surface area contributed by atoms with Crippen LogP contribution in [0, 0.1) is 12.8 Å². The summed E-state index contributed by atoms with van der Waals surface area (Å²) in [6, 6.07) is 0.454. The molecule has 1 atom stereocenters. The van der Waals surface area contributed by atoms with E-state index >= 15 is 0 Å². The Morgan fingerprint density at radius 1 is 1.43 bits per heavy atom. The fourth-order valence-electron chi connectivity index (χ4n) is 2.62. The van der Waals surface area contributed by atoms with Crippen molar-refractivity contribution >= 4 is 11.6 Å². The zero-order chi connectivity index (χ0) is 15.5. The summed E-state index contributed by atoms with van der Waals surface area (Å²) in [5, 5.41) is 0. The van der Waals surface area contributed by atoms with Crippen LogP contribution in [-0.2, 0) is 0 Å². The highest BCUT2D eigenvalue weighted by atomic mass is 35.5. The fourth-order valence-corrected chi connectivity index (χ4v) is 2.82. The lowest BCUT2D eigenvalue weighted by Crippen LogP contribution is -2.32. The van der Waals surface area contributed by atoms with E-state index < -0.39 is 0 Å². The van der Waals surface area contributed by atoms with Gasteiger partial charge in [-0.25, -0.2) is 0 Å². The van der Waals surface area contributed by atoms with Gasteiger partial charge in [0.25, 0.3) is 0 Å².